The average molecular weight is 303 g/mol. The van der Waals surface area contributed by atoms with E-state index in [1.807, 2.05) is 26.0 Å². The first-order valence-electron chi connectivity index (χ1n) is 8.48. The Labute approximate surface area is 134 Å². The Morgan fingerprint density at radius 2 is 1.91 bits per heavy atom. The van der Waals surface area contributed by atoms with Crippen molar-refractivity contribution in [1.29, 1.82) is 0 Å². The summed E-state index contributed by atoms with van der Waals surface area (Å²) >= 11 is 0. The van der Waals surface area contributed by atoms with Gasteiger partial charge >= 0.3 is 0 Å². The molecule has 0 aromatic heterocycles. The van der Waals surface area contributed by atoms with Gasteiger partial charge in [0.15, 0.2) is 5.96 Å². The molecule has 0 saturated heterocycles. The summed E-state index contributed by atoms with van der Waals surface area (Å²) in [6.45, 7) is 7.75. The fourth-order valence-electron chi connectivity index (χ4n) is 2.70. The largest absolute Gasteiger partial charge is 0.491 e. The summed E-state index contributed by atoms with van der Waals surface area (Å²) in [5, 5.41) is 6.87. The molecule has 0 atom stereocenters. The Kier molecular flexibility index (Phi) is 6.56. The quantitative estimate of drug-likeness (QED) is 0.625. The molecular weight excluding hydrogens is 274 g/mol. The van der Waals surface area contributed by atoms with Gasteiger partial charge in [0.1, 0.15) is 5.75 Å². The molecule has 4 heteroatoms. The van der Waals surface area contributed by atoms with E-state index < -0.39 is 0 Å². The number of aliphatic imine (C=N–C) groups is 1. The predicted molar refractivity (Wildman–Crippen MR) is 92.4 cm³/mol. The maximum absolute atomic E-state index is 5.66. The van der Waals surface area contributed by atoms with Crippen molar-refractivity contribution in [2.24, 2.45) is 4.99 Å². The molecule has 1 fully saturated rings. The molecule has 1 aliphatic rings. The predicted octanol–water partition coefficient (Wildman–Crippen LogP) is 3.47. The van der Waals surface area contributed by atoms with Crippen molar-refractivity contribution < 1.29 is 4.74 Å². The number of hydrogen-bond donors (Lipinski definition) is 2. The minimum absolute atomic E-state index is 0.208. The second-order valence-electron chi connectivity index (χ2n) is 6.13. The van der Waals surface area contributed by atoms with E-state index in [1.165, 1.54) is 31.2 Å². The number of ether oxygens (including phenoxy) is 1. The van der Waals surface area contributed by atoms with Crippen molar-refractivity contribution in [1.82, 2.24) is 10.6 Å². The van der Waals surface area contributed by atoms with Crippen LogP contribution in [0.25, 0.3) is 0 Å². The van der Waals surface area contributed by atoms with Crippen LogP contribution in [0.4, 0.5) is 0 Å². The molecule has 0 radical (unpaired) electrons. The smallest absolute Gasteiger partial charge is 0.191 e. The van der Waals surface area contributed by atoms with Gasteiger partial charge < -0.3 is 15.4 Å². The molecular formula is C18H29N3O. The molecule has 0 aliphatic heterocycles. The summed E-state index contributed by atoms with van der Waals surface area (Å²) in [6, 6.07) is 8.78. The van der Waals surface area contributed by atoms with E-state index >= 15 is 0 Å². The van der Waals surface area contributed by atoms with E-state index in [1.54, 1.807) is 0 Å². The normalized spacial score (nSPS) is 16.1. The van der Waals surface area contributed by atoms with Crippen molar-refractivity contribution in [2.45, 2.75) is 65.1 Å². The van der Waals surface area contributed by atoms with Crippen molar-refractivity contribution in [3.8, 4) is 5.75 Å². The van der Waals surface area contributed by atoms with Gasteiger partial charge in [-0.25, -0.2) is 4.99 Å². The van der Waals surface area contributed by atoms with Crippen LogP contribution in [-0.4, -0.2) is 24.7 Å². The highest BCUT2D eigenvalue weighted by Gasteiger charge is 2.15. The average Bonchev–Trinajstić information content (AvgIpc) is 2.99. The minimum atomic E-state index is 0.208. The molecule has 1 aliphatic carbocycles. The number of hydrogen-bond acceptors (Lipinski definition) is 2. The van der Waals surface area contributed by atoms with Crippen molar-refractivity contribution in [3.05, 3.63) is 29.8 Å². The molecule has 0 amide bonds. The fourth-order valence-corrected chi connectivity index (χ4v) is 2.70. The molecule has 1 saturated carbocycles. The molecule has 2 N–H and O–H groups in total. The van der Waals surface area contributed by atoms with E-state index in [0.717, 1.165) is 18.3 Å². The Balaban J connectivity index is 1.91. The fraction of sp³-hybridized carbons (Fsp3) is 0.611. The van der Waals surface area contributed by atoms with Crippen molar-refractivity contribution in [2.75, 3.05) is 6.54 Å². The third kappa shape index (κ3) is 5.58. The zero-order chi connectivity index (χ0) is 15.8. The molecule has 122 valence electrons. The molecule has 4 nitrogen and oxygen atoms in total. The van der Waals surface area contributed by atoms with Crippen LogP contribution in [-0.2, 0) is 6.54 Å². The van der Waals surface area contributed by atoms with E-state index in [2.05, 4.69) is 29.7 Å². The van der Waals surface area contributed by atoms with Gasteiger partial charge in [0.25, 0.3) is 0 Å². The van der Waals surface area contributed by atoms with Crippen molar-refractivity contribution in [3.63, 3.8) is 0 Å². The standard InChI is InChI=1S/C18H29N3O/c1-4-19-18(21-16-7-5-6-8-16)20-13-15-9-11-17(12-10-15)22-14(2)3/h9-12,14,16H,4-8,13H2,1-3H3,(H2,19,20,21). The highest BCUT2D eigenvalue weighted by molar-refractivity contribution is 5.80. The summed E-state index contributed by atoms with van der Waals surface area (Å²) in [4.78, 5) is 4.69. The highest BCUT2D eigenvalue weighted by Crippen LogP contribution is 2.17. The molecule has 22 heavy (non-hydrogen) atoms. The molecule has 0 bridgehead atoms. The number of nitrogens with zero attached hydrogens (tertiary/aromatic N) is 1. The zero-order valence-corrected chi connectivity index (χ0v) is 14.1. The van der Waals surface area contributed by atoms with Crippen LogP contribution in [0.3, 0.4) is 0 Å². The minimum Gasteiger partial charge on any atom is -0.491 e. The maximum Gasteiger partial charge on any atom is 0.191 e. The zero-order valence-electron chi connectivity index (χ0n) is 14.1. The third-order valence-electron chi connectivity index (χ3n) is 3.76. The first-order valence-corrected chi connectivity index (χ1v) is 8.48. The summed E-state index contributed by atoms with van der Waals surface area (Å²) < 4.78 is 5.66. The van der Waals surface area contributed by atoms with Gasteiger partial charge in [0.2, 0.25) is 0 Å². The topological polar surface area (TPSA) is 45.7 Å². The van der Waals surface area contributed by atoms with Gasteiger partial charge in [-0.1, -0.05) is 25.0 Å². The third-order valence-corrected chi connectivity index (χ3v) is 3.76. The van der Waals surface area contributed by atoms with E-state index in [0.29, 0.717) is 12.6 Å². The van der Waals surface area contributed by atoms with Crippen LogP contribution in [0.15, 0.2) is 29.3 Å². The van der Waals surface area contributed by atoms with Gasteiger partial charge in [-0.3, -0.25) is 0 Å². The lowest BCUT2D eigenvalue weighted by Crippen LogP contribution is -2.42. The van der Waals surface area contributed by atoms with Crippen LogP contribution in [0, 0.1) is 0 Å². The second kappa shape index (κ2) is 8.66. The van der Waals surface area contributed by atoms with Crippen LogP contribution in [0.2, 0.25) is 0 Å². The van der Waals surface area contributed by atoms with Gasteiger partial charge in [-0.05, 0) is 51.3 Å². The summed E-state index contributed by atoms with van der Waals surface area (Å²) in [5.41, 5.74) is 1.19. The Hall–Kier alpha value is -1.71. The van der Waals surface area contributed by atoms with E-state index in [4.69, 9.17) is 9.73 Å². The SMILES string of the molecule is CCNC(=NCc1ccc(OC(C)C)cc1)NC1CCCC1. The van der Waals surface area contributed by atoms with Crippen LogP contribution in [0.1, 0.15) is 52.0 Å². The Bertz CT molecular complexity index is 462. The number of guanidine groups is 1. The molecule has 0 spiro atoms. The lowest BCUT2D eigenvalue weighted by Gasteiger charge is -2.16. The first kappa shape index (κ1) is 16.7. The summed E-state index contributed by atoms with van der Waals surface area (Å²) in [5.74, 6) is 1.84. The van der Waals surface area contributed by atoms with Gasteiger partial charge in [0, 0.05) is 12.6 Å². The molecule has 2 rings (SSSR count). The first-order chi connectivity index (χ1) is 10.7. The van der Waals surface area contributed by atoms with Gasteiger partial charge in [-0.2, -0.15) is 0 Å². The highest BCUT2D eigenvalue weighted by atomic mass is 16.5. The molecule has 0 unspecified atom stereocenters. The Morgan fingerprint density at radius 1 is 1.23 bits per heavy atom. The van der Waals surface area contributed by atoms with Gasteiger partial charge in [-0.15, -0.1) is 0 Å². The number of rotatable bonds is 6. The van der Waals surface area contributed by atoms with E-state index in [-0.39, 0.29) is 6.10 Å². The maximum atomic E-state index is 5.66. The van der Waals surface area contributed by atoms with Crippen LogP contribution < -0.4 is 15.4 Å². The number of benzene rings is 1. The second-order valence-corrected chi connectivity index (χ2v) is 6.13. The van der Waals surface area contributed by atoms with Crippen LogP contribution >= 0.6 is 0 Å². The molecule has 1 aromatic carbocycles. The number of nitrogens with one attached hydrogen (secondary N) is 2. The lowest BCUT2D eigenvalue weighted by molar-refractivity contribution is 0.242. The molecule has 0 heterocycles. The Morgan fingerprint density at radius 3 is 2.50 bits per heavy atom. The monoisotopic (exact) mass is 303 g/mol. The summed E-state index contributed by atoms with van der Waals surface area (Å²) in [6.07, 6.45) is 5.37. The van der Waals surface area contributed by atoms with Gasteiger partial charge in [0.05, 0.1) is 12.6 Å². The van der Waals surface area contributed by atoms with E-state index in [9.17, 15) is 0 Å². The lowest BCUT2D eigenvalue weighted by atomic mass is 10.2. The summed E-state index contributed by atoms with van der Waals surface area (Å²) in [7, 11) is 0. The van der Waals surface area contributed by atoms with Crippen LogP contribution in [0.5, 0.6) is 5.75 Å². The van der Waals surface area contributed by atoms with Crippen molar-refractivity contribution >= 4 is 5.96 Å². The molecule has 1 aromatic rings.